The van der Waals surface area contributed by atoms with Gasteiger partial charge in [0.2, 0.25) is 0 Å². The quantitative estimate of drug-likeness (QED) is 0.728. The summed E-state index contributed by atoms with van der Waals surface area (Å²) in [6.07, 6.45) is 4.29. The topological polar surface area (TPSA) is 55.9 Å². The highest BCUT2D eigenvalue weighted by molar-refractivity contribution is 5.15. The summed E-state index contributed by atoms with van der Waals surface area (Å²) in [6, 6.07) is 1.03. The van der Waals surface area contributed by atoms with Gasteiger partial charge >= 0.3 is 0 Å². The van der Waals surface area contributed by atoms with Gasteiger partial charge in [0, 0.05) is 37.4 Å². The molecule has 4 nitrogen and oxygen atoms in total. The van der Waals surface area contributed by atoms with Crippen molar-refractivity contribution in [2.75, 3.05) is 0 Å². The molecule has 3 N–H and O–H groups in total. The van der Waals surface area contributed by atoms with E-state index in [1.165, 1.54) is 5.56 Å². The highest BCUT2D eigenvalue weighted by Crippen LogP contribution is 2.18. The number of hydrogen-bond donors (Lipinski definition) is 2. The highest BCUT2D eigenvalue weighted by Gasteiger charge is 2.25. The molecule has 0 amide bonds. The Labute approximate surface area is 84.5 Å². The van der Waals surface area contributed by atoms with Crippen LogP contribution < -0.4 is 11.1 Å². The molecule has 14 heavy (non-hydrogen) atoms. The maximum absolute atomic E-state index is 5.72. The fourth-order valence-electron chi connectivity index (χ4n) is 1.91. The zero-order valence-corrected chi connectivity index (χ0v) is 8.83. The molecule has 0 spiro atoms. The number of aryl methyl sites for hydroxylation is 2. The normalized spacial score (nSPS) is 26.2. The maximum atomic E-state index is 5.72. The monoisotopic (exact) mass is 194 g/mol. The molecule has 0 aromatic carbocycles. The van der Waals surface area contributed by atoms with E-state index >= 15 is 0 Å². The number of nitrogens with zero attached hydrogens (tertiary/aromatic N) is 2. The molecule has 0 radical (unpaired) electrons. The third-order valence-corrected chi connectivity index (χ3v) is 2.87. The van der Waals surface area contributed by atoms with E-state index in [0.717, 1.165) is 25.1 Å². The number of nitrogens with two attached hydrogens (primary N) is 1. The van der Waals surface area contributed by atoms with Crippen LogP contribution in [0.2, 0.25) is 0 Å². The van der Waals surface area contributed by atoms with Crippen molar-refractivity contribution in [3.05, 3.63) is 17.5 Å². The number of rotatable bonds is 3. The molecular formula is C10H18N4. The summed E-state index contributed by atoms with van der Waals surface area (Å²) in [5.41, 5.74) is 8.12. The summed E-state index contributed by atoms with van der Waals surface area (Å²) >= 11 is 0. The van der Waals surface area contributed by atoms with E-state index in [2.05, 4.69) is 16.6 Å². The van der Waals surface area contributed by atoms with Gasteiger partial charge in [0.15, 0.2) is 0 Å². The standard InChI is InChI=1S/C10H18N4/c1-7-8(6-14(2)13-7)5-12-10-3-9(11)4-10/h6,9-10,12H,3-5,11H2,1-2H3. The smallest absolute Gasteiger partial charge is 0.0638 e. The molecule has 0 saturated heterocycles. The minimum absolute atomic E-state index is 0.419. The van der Waals surface area contributed by atoms with Crippen molar-refractivity contribution >= 4 is 0 Å². The first-order chi connectivity index (χ1) is 6.65. The molecule has 0 unspecified atom stereocenters. The third-order valence-electron chi connectivity index (χ3n) is 2.87. The van der Waals surface area contributed by atoms with E-state index in [9.17, 15) is 0 Å². The van der Waals surface area contributed by atoms with Gasteiger partial charge < -0.3 is 11.1 Å². The number of aromatic nitrogens is 2. The molecule has 78 valence electrons. The van der Waals surface area contributed by atoms with Gasteiger partial charge in [-0.2, -0.15) is 5.10 Å². The van der Waals surface area contributed by atoms with Gasteiger partial charge in [-0.1, -0.05) is 0 Å². The molecule has 2 rings (SSSR count). The minimum Gasteiger partial charge on any atom is -0.328 e. The van der Waals surface area contributed by atoms with E-state index in [1.54, 1.807) is 0 Å². The minimum atomic E-state index is 0.419. The number of nitrogens with one attached hydrogen (secondary N) is 1. The highest BCUT2D eigenvalue weighted by atomic mass is 15.3. The van der Waals surface area contributed by atoms with Crippen molar-refractivity contribution in [3.8, 4) is 0 Å². The molecular weight excluding hydrogens is 176 g/mol. The Balaban J connectivity index is 1.83. The Kier molecular flexibility index (Phi) is 2.56. The Morgan fingerprint density at radius 1 is 1.64 bits per heavy atom. The van der Waals surface area contributed by atoms with Crippen LogP contribution in [0.1, 0.15) is 24.1 Å². The Morgan fingerprint density at radius 3 is 2.86 bits per heavy atom. The van der Waals surface area contributed by atoms with Crippen LogP contribution in [0.4, 0.5) is 0 Å². The first-order valence-corrected chi connectivity index (χ1v) is 5.13. The van der Waals surface area contributed by atoms with Gasteiger partial charge in [-0.3, -0.25) is 4.68 Å². The van der Waals surface area contributed by atoms with Gasteiger partial charge in [-0.15, -0.1) is 0 Å². The fourth-order valence-corrected chi connectivity index (χ4v) is 1.91. The van der Waals surface area contributed by atoms with Crippen molar-refractivity contribution in [3.63, 3.8) is 0 Å². The summed E-state index contributed by atoms with van der Waals surface area (Å²) in [5, 5.41) is 7.79. The molecule has 1 aliphatic rings. The van der Waals surface area contributed by atoms with Crippen molar-refractivity contribution in [2.45, 2.75) is 38.4 Å². The van der Waals surface area contributed by atoms with Crippen molar-refractivity contribution in [2.24, 2.45) is 12.8 Å². The molecule has 1 heterocycles. The first kappa shape index (κ1) is 9.68. The van der Waals surface area contributed by atoms with Crippen LogP contribution in [0.5, 0.6) is 0 Å². The van der Waals surface area contributed by atoms with Crippen LogP contribution >= 0.6 is 0 Å². The van der Waals surface area contributed by atoms with Crippen LogP contribution in [0, 0.1) is 6.92 Å². The van der Waals surface area contributed by atoms with Crippen LogP contribution in [0.25, 0.3) is 0 Å². The van der Waals surface area contributed by atoms with Gasteiger partial charge in [0.25, 0.3) is 0 Å². The lowest BCUT2D eigenvalue weighted by Crippen LogP contribution is -2.48. The lowest BCUT2D eigenvalue weighted by Gasteiger charge is -2.33. The largest absolute Gasteiger partial charge is 0.328 e. The molecule has 1 fully saturated rings. The van der Waals surface area contributed by atoms with Crippen molar-refractivity contribution in [1.82, 2.24) is 15.1 Å². The molecule has 1 aromatic rings. The maximum Gasteiger partial charge on any atom is 0.0638 e. The van der Waals surface area contributed by atoms with Crippen LogP contribution in [-0.2, 0) is 13.6 Å². The van der Waals surface area contributed by atoms with Crippen molar-refractivity contribution < 1.29 is 0 Å². The van der Waals surface area contributed by atoms with Gasteiger partial charge in [-0.25, -0.2) is 0 Å². The molecule has 0 aliphatic heterocycles. The van der Waals surface area contributed by atoms with E-state index < -0.39 is 0 Å². The predicted molar refractivity (Wildman–Crippen MR) is 55.8 cm³/mol. The van der Waals surface area contributed by atoms with Gasteiger partial charge in [0.05, 0.1) is 5.69 Å². The fraction of sp³-hybridized carbons (Fsp3) is 0.700. The lowest BCUT2D eigenvalue weighted by atomic mass is 9.87. The Hall–Kier alpha value is -0.870. The first-order valence-electron chi connectivity index (χ1n) is 5.13. The molecule has 1 aliphatic carbocycles. The summed E-state index contributed by atoms with van der Waals surface area (Å²) in [5.74, 6) is 0. The summed E-state index contributed by atoms with van der Waals surface area (Å²) in [7, 11) is 1.95. The van der Waals surface area contributed by atoms with Gasteiger partial charge in [-0.05, 0) is 19.8 Å². The SMILES string of the molecule is Cc1nn(C)cc1CNC1CC(N)C1. The van der Waals surface area contributed by atoms with Gasteiger partial charge in [0.1, 0.15) is 0 Å². The average molecular weight is 194 g/mol. The zero-order chi connectivity index (χ0) is 10.1. The van der Waals surface area contributed by atoms with Crippen LogP contribution in [0.15, 0.2) is 6.20 Å². The van der Waals surface area contributed by atoms with E-state index in [1.807, 2.05) is 18.7 Å². The van der Waals surface area contributed by atoms with Crippen molar-refractivity contribution in [1.29, 1.82) is 0 Å². The second kappa shape index (κ2) is 3.71. The average Bonchev–Trinajstić information content (AvgIpc) is 2.37. The van der Waals surface area contributed by atoms with E-state index in [0.29, 0.717) is 12.1 Å². The third kappa shape index (κ3) is 1.96. The van der Waals surface area contributed by atoms with Crippen LogP contribution in [0.3, 0.4) is 0 Å². The summed E-state index contributed by atoms with van der Waals surface area (Å²) < 4.78 is 1.86. The Bertz CT molecular complexity index is 312. The summed E-state index contributed by atoms with van der Waals surface area (Å²) in [6.45, 7) is 2.96. The second-order valence-corrected chi connectivity index (χ2v) is 4.22. The molecule has 1 saturated carbocycles. The molecule has 1 aromatic heterocycles. The molecule has 4 heteroatoms. The summed E-state index contributed by atoms with van der Waals surface area (Å²) in [4.78, 5) is 0. The predicted octanol–water partition coefficient (Wildman–Crippen LogP) is 0.308. The van der Waals surface area contributed by atoms with E-state index in [4.69, 9.17) is 5.73 Å². The number of hydrogen-bond acceptors (Lipinski definition) is 3. The lowest BCUT2D eigenvalue weighted by molar-refractivity contribution is 0.290. The molecule has 0 atom stereocenters. The van der Waals surface area contributed by atoms with Crippen LogP contribution in [-0.4, -0.2) is 21.9 Å². The zero-order valence-electron chi connectivity index (χ0n) is 8.83. The molecule has 0 bridgehead atoms. The second-order valence-electron chi connectivity index (χ2n) is 4.22. The van der Waals surface area contributed by atoms with E-state index in [-0.39, 0.29) is 0 Å². The Morgan fingerprint density at radius 2 is 2.36 bits per heavy atom.